The van der Waals surface area contributed by atoms with Gasteiger partial charge >= 0.3 is 0 Å². The van der Waals surface area contributed by atoms with Gasteiger partial charge in [-0.25, -0.2) is 0 Å². The lowest BCUT2D eigenvalue weighted by molar-refractivity contribution is -0.410. The van der Waals surface area contributed by atoms with Gasteiger partial charge in [-0.15, -0.1) is 11.8 Å². The Balaban J connectivity index is 2.30. The molecule has 0 radical (unpaired) electrons. The lowest BCUT2D eigenvalue weighted by Crippen LogP contribution is -2.85. The molecule has 2 aliphatic rings. The van der Waals surface area contributed by atoms with Crippen LogP contribution in [0.5, 0.6) is 0 Å². The van der Waals surface area contributed by atoms with E-state index >= 15 is 0 Å². The van der Waals surface area contributed by atoms with E-state index in [4.69, 9.17) is 14.2 Å². The van der Waals surface area contributed by atoms with Crippen LogP contribution in [0.25, 0.3) is 0 Å². The molecule has 0 aromatic heterocycles. The maximum atomic E-state index is 12.2. The van der Waals surface area contributed by atoms with E-state index in [0.717, 1.165) is 19.3 Å². The number of unbranched alkanes of at least 4 members (excludes halogenated alkanes) is 6. The second kappa shape index (κ2) is 13.1. The van der Waals surface area contributed by atoms with Crippen molar-refractivity contribution in [2.24, 2.45) is 5.41 Å². The van der Waals surface area contributed by atoms with Gasteiger partial charge in [-0.05, 0) is 74.5 Å². The van der Waals surface area contributed by atoms with Gasteiger partial charge in [0.1, 0.15) is 49.7 Å². The molecule has 11 heteroatoms. The van der Waals surface area contributed by atoms with Gasteiger partial charge in [-0.1, -0.05) is 52.4 Å². The van der Waals surface area contributed by atoms with E-state index < -0.39 is 68.4 Å². The highest BCUT2D eigenvalue weighted by Gasteiger charge is 2.76. The molecule has 2 aliphatic heterocycles. The van der Waals surface area contributed by atoms with E-state index in [1.165, 1.54) is 79.0 Å². The first-order chi connectivity index (χ1) is 19.8. The molecular formula is C33H64O10S. The Morgan fingerprint density at radius 2 is 1.00 bits per heavy atom. The van der Waals surface area contributed by atoms with Gasteiger partial charge in [0.25, 0.3) is 0 Å². The van der Waals surface area contributed by atoms with Crippen LogP contribution < -0.4 is 0 Å². The summed E-state index contributed by atoms with van der Waals surface area (Å²) in [5, 5.41) is 79.4. The molecule has 10 unspecified atom stereocenters. The average molecular weight is 653 g/mol. The third-order valence-corrected chi connectivity index (χ3v) is 13.9. The van der Waals surface area contributed by atoms with E-state index in [2.05, 4.69) is 6.92 Å². The number of hydrogen-bond acceptors (Lipinski definition) is 11. The second-order valence-electron chi connectivity index (χ2n) is 15.3. The number of hydrogen-bond donors (Lipinski definition) is 7. The Kier molecular flexibility index (Phi) is 11.9. The van der Waals surface area contributed by atoms with Crippen molar-refractivity contribution in [2.45, 2.75) is 171 Å². The first kappa shape index (κ1) is 40.1. The monoisotopic (exact) mass is 652 g/mol. The summed E-state index contributed by atoms with van der Waals surface area (Å²) in [6.07, 6.45) is 8.04. The molecule has 2 fully saturated rings. The molecule has 10 nitrogen and oxygen atoms in total. The number of aliphatic hydroxyl groups excluding tert-OH is 2. The average Bonchev–Trinajstić information content (AvgIpc) is 2.92. The molecule has 0 aromatic carbocycles. The Hall–Kier alpha value is -0.0500. The van der Waals surface area contributed by atoms with Crippen molar-refractivity contribution in [3.8, 4) is 0 Å². The standard InChI is InChI=1S/C33H64O10S/c1-12-13-14-15-16-17-18-19-44-33(11)32(10,40)28(6,36)24(2,25(3,20-34)43-33)22-41-23-27(5)30(8,38)31(9,39)29(7,37)26(4,21-35)42-27/h34-40H,12-23H2,1-11H3. The van der Waals surface area contributed by atoms with E-state index in [-0.39, 0.29) is 13.2 Å². The first-order valence-electron chi connectivity index (χ1n) is 16.3. The molecule has 0 bridgehead atoms. The van der Waals surface area contributed by atoms with Gasteiger partial charge in [0.15, 0.2) is 0 Å². The van der Waals surface area contributed by atoms with Crippen molar-refractivity contribution in [3.05, 3.63) is 0 Å². The van der Waals surface area contributed by atoms with Crippen LogP contribution in [0.15, 0.2) is 0 Å². The lowest BCUT2D eigenvalue weighted by atomic mass is 9.55. The molecular weight excluding hydrogens is 588 g/mol. The summed E-state index contributed by atoms with van der Waals surface area (Å²) < 4.78 is 18.9. The van der Waals surface area contributed by atoms with E-state index in [1.54, 1.807) is 27.7 Å². The number of aliphatic hydroxyl groups is 7. The van der Waals surface area contributed by atoms with Gasteiger partial charge in [0.2, 0.25) is 0 Å². The zero-order valence-corrected chi connectivity index (χ0v) is 30.1. The van der Waals surface area contributed by atoms with Crippen molar-refractivity contribution >= 4 is 11.8 Å². The van der Waals surface area contributed by atoms with Crippen molar-refractivity contribution < 1.29 is 50.0 Å². The van der Waals surface area contributed by atoms with Gasteiger partial charge in [-0.3, -0.25) is 0 Å². The van der Waals surface area contributed by atoms with Gasteiger partial charge in [0, 0.05) is 0 Å². The molecule has 0 amide bonds. The number of ether oxygens (including phenoxy) is 3. The fourth-order valence-electron chi connectivity index (χ4n) is 7.14. The van der Waals surface area contributed by atoms with E-state index in [0.29, 0.717) is 5.75 Å². The maximum absolute atomic E-state index is 12.2. The largest absolute Gasteiger partial charge is 0.393 e. The zero-order valence-electron chi connectivity index (χ0n) is 29.2. The number of rotatable bonds is 15. The van der Waals surface area contributed by atoms with Crippen LogP contribution in [0.2, 0.25) is 0 Å². The topological polar surface area (TPSA) is 169 Å². The minimum atomic E-state index is -2.14. The fourth-order valence-corrected chi connectivity index (χ4v) is 8.60. The molecule has 2 rings (SSSR count). The Morgan fingerprint density at radius 1 is 0.523 bits per heavy atom. The second-order valence-corrected chi connectivity index (χ2v) is 16.8. The van der Waals surface area contributed by atoms with Crippen LogP contribution in [-0.4, -0.2) is 118 Å². The van der Waals surface area contributed by atoms with E-state index in [9.17, 15) is 35.7 Å². The predicted octanol–water partition coefficient (Wildman–Crippen LogP) is 3.29. The highest BCUT2D eigenvalue weighted by Crippen LogP contribution is 2.61. The van der Waals surface area contributed by atoms with Crippen molar-refractivity contribution in [1.29, 1.82) is 0 Å². The van der Waals surface area contributed by atoms with Crippen LogP contribution in [0.3, 0.4) is 0 Å². The molecule has 2 heterocycles. The highest BCUT2D eigenvalue weighted by atomic mass is 32.2. The molecule has 0 spiro atoms. The summed E-state index contributed by atoms with van der Waals surface area (Å²) in [4.78, 5) is -1.26. The normalized spacial score (nSPS) is 49.8. The van der Waals surface area contributed by atoms with Crippen molar-refractivity contribution in [1.82, 2.24) is 0 Å². The Bertz CT molecular complexity index is 970. The number of thioether (sulfide) groups is 1. The Labute approximate surface area is 269 Å². The van der Waals surface area contributed by atoms with Crippen molar-refractivity contribution in [2.75, 3.05) is 32.2 Å². The quantitative estimate of drug-likeness (QED) is 0.130. The predicted molar refractivity (Wildman–Crippen MR) is 172 cm³/mol. The summed E-state index contributed by atoms with van der Waals surface area (Å²) in [7, 11) is 0. The summed E-state index contributed by atoms with van der Waals surface area (Å²) in [5.41, 5.74) is -16.0. The molecule has 44 heavy (non-hydrogen) atoms. The molecule has 0 aromatic rings. The molecule has 0 saturated carbocycles. The summed E-state index contributed by atoms with van der Waals surface area (Å²) >= 11 is 1.43. The van der Waals surface area contributed by atoms with Gasteiger partial charge < -0.3 is 50.0 Å². The van der Waals surface area contributed by atoms with Crippen LogP contribution >= 0.6 is 11.8 Å². The highest BCUT2D eigenvalue weighted by molar-refractivity contribution is 8.00. The van der Waals surface area contributed by atoms with Crippen LogP contribution in [0, 0.1) is 5.41 Å². The summed E-state index contributed by atoms with van der Waals surface area (Å²) in [6, 6.07) is 0. The van der Waals surface area contributed by atoms with Crippen LogP contribution in [0.1, 0.15) is 121 Å². The van der Waals surface area contributed by atoms with Crippen LogP contribution in [-0.2, 0) is 14.2 Å². The smallest absolute Gasteiger partial charge is 0.143 e. The van der Waals surface area contributed by atoms with E-state index in [1.807, 2.05) is 0 Å². The SMILES string of the molecule is CCCCCCCCCSC1(C)OC(C)(CO)C(C)(COCC2(C)OC(C)(CO)C(C)(O)C(C)(O)C2(C)O)C(C)(O)C1(C)O. The minimum Gasteiger partial charge on any atom is -0.393 e. The Morgan fingerprint density at radius 3 is 1.50 bits per heavy atom. The molecule has 2 saturated heterocycles. The van der Waals surface area contributed by atoms with Crippen molar-refractivity contribution in [3.63, 3.8) is 0 Å². The third-order valence-electron chi connectivity index (χ3n) is 12.4. The molecule has 0 aliphatic carbocycles. The maximum Gasteiger partial charge on any atom is 0.143 e. The minimum absolute atomic E-state index is 0.241. The zero-order chi connectivity index (χ0) is 34.3. The van der Waals surface area contributed by atoms with Gasteiger partial charge in [0.05, 0.1) is 31.8 Å². The molecule has 10 atom stereocenters. The fraction of sp³-hybridized carbons (Fsp3) is 1.00. The third kappa shape index (κ3) is 5.93. The lowest BCUT2D eigenvalue weighted by Gasteiger charge is -2.67. The molecule has 262 valence electrons. The van der Waals surface area contributed by atoms with Gasteiger partial charge in [-0.2, -0.15) is 0 Å². The summed E-state index contributed by atoms with van der Waals surface area (Å²) in [5.74, 6) is 0.712. The summed E-state index contributed by atoms with van der Waals surface area (Å²) in [6.45, 7) is 15.6. The first-order valence-corrected chi connectivity index (χ1v) is 17.2. The van der Waals surface area contributed by atoms with Crippen LogP contribution in [0.4, 0.5) is 0 Å². The molecule has 7 N–H and O–H groups in total.